The van der Waals surface area contributed by atoms with Gasteiger partial charge in [0.25, 0.3) is 0 Å². The highest BCUT2D eigenvalue weighted by Gasteiger charge is 2.27. The van der Waals surface area contributed by atoms with Gasteiger partial charge in [-0.2, -0.15) is 0 Å². The molecule has 1 N–H and O–H groups in total. The van der Waals surface area contributed by atoms with Crippen LogP contribution in [0.2, 0.25) is 0 Å². The van der Waals surface area contributed by atoms with Crippen molar-refractivity contribution in [2.75, 3.05) is 47.5 Å². The van der Waals surface area contributed by atoms with Crippen molar-refractivity contribution in [1.29, 1.82) is 0 Å². The van der Waals surface area contributed by atoms with Crippen molar-refractivity contribution in [3.8, 4) is 0 Å². The number of carbonyl (C=O) groups is 2. The van der Waals surface area contributed by atoms with Crippen LogP contribution in [-0.2, 0) is 32.7 Å². The third-order valence-electron chi connectivity index (χ3n) is 19.3. The molecule has 0 heterocycles. The van der Waals surface area contributed by atoms with Crippen LogP contribution in [-0.4, -0.2) is 74.9 Å². The van der Waals surface area contributed by atoms with Gasteiger partial charge in [-0.25, -0.2) is 4.57 Å². The zero-order valence-electron chi connectivity index (χ0n) is 64.9. The second kappa shape index (κ2) is 77.1. The second-order valence-electron chi connectivity index (χ2n) is 30.2. The topological polar surface area (TPSA) is 108 Å². The number of rotatable bonds is 80. The van der Waals surface area contributed by atoms with Gasteiger partial charge < -0.3 is 18.9 Å². The van der Waals surface area contributed by atoms with E-state index < -0.39 is 26.5 Å². The molecule has 0 radical (unpaired) electrons. The molecule has 0 aromatic rings. The Labute approximate surface area is 598 Å². The Morgan fingerprint density at radius 3 is 0.844 bits per heavy atom. The van der Waals surface area contributed by atoms with Crippen molar-refractivity contribution in [2.24, 2.45) is 0 Å². The highest BCUT2D eigenvalue weighted by Crippen LogP contribution is 2.43. The van der Waals surface area contributed by atoms with E-state index in [1.165, 1.54) is 360 Å². The lowest BCUT2D eigenvalue weighted by molar-refractivity contribution is -0.870. The summed E-state index contributed by atoms with van der Waals surface area (Å²) in [6.07, 6.45) is 103. The first-order chi connectivity index (χ1) is 47.0. The fourth-order valence-corrected chi connectivity index (χ4v) is 13.6. The van der Waals surface area contributed by atoms with Gasteiger partial charge >= 0.3 is 19.8 Å². The van der Waals surface area contributed by atoms with Crippen molar-refractivity contribution in [3.63, 3.8) is 0 Å². The molecular weight excluding hydrogens is 1210 g/mol. The van der Waals surface area contributed by atoms with E-state index in [1.807, 2.05) is 21.1 Å². The van der Waals surface area contributed by atoms with Crippen LogP contribution in [0.3, 0.4) is 0 Å². The summed E-state index contributed by atoms with van der Waals surface area (Å²) in [7, 11) is 1.50. The zero-order chi connectivity index (χ0) is 69.7. The Balaban J connectivity index is 3.87. The number of likely N-dealkylation sites (N-methyl/N-ethyl adjacent to an activating group) is 1. The van der Waals surface area contributed by atoms with Crippen LogP contribution in [0.1, 0.15) is 438 Å². The van der Waals surface area contributed by atoms with E-state index in [0.29, 0.717) is 23.9 Å². The first-order valence-electron chi connectivity index (χ1n) is 42.4. The Morgan fingerprint density at radius 2 is 0.562 bits per heavy atom. The van der Waals surface area contributed by atoms with Crippen LogP contribution in [0, 0.1) is 0 Å². The summed E-state index contributed by atoms with van der Waals surface area (Å²) < 4.78 is 34.9. The predicted octanol–water partition coefficient (Wildman–Crippen LogP) is 28.3. The largest absolute Gasteiger partial charge is 0.472 e. The van der Waals surface area contributed by atoms with Gasteiger partial charge in [0.2, 0.25) is 0 Å². The highest BCUT2D eigenvalue weighted by atomic mass is 31.2. The summed E-state index contributed by atoms with van der Waals surface area (Å²) in [4.78, 5) is 36.0. The standard InChI is InChI=1S/C86H164NO8P/c1-6-8-10-12-14-16-18-20-22-24-26-28-30-32-34-36-38-39-40-41-42-43-44-45-46-47-49-51-53-55-57-59-61-63-65-67-69-71-73-75-77-79-86(89)95-84(83-94-96(90,91)93-81-80-87(3,4)5)82-92-85(88)78-76-74-72-70-68-66-64-62-60-58-56-54-52-50-48-37-35-33-31-29-27-25-23-21-19-17-15-13-11-9-7-2/h18,20,24-27,30,32,84H,6-17,19,21-23,28-29,31,33-83H2,1-5H3/p+1/b20-18-,26-24-,27-25-,32-30-. The summed E-state index contributed by atoms with van der Waals surface area (Å²) in [5.74, 6) is -0.770. The van der Waals surface area contributed by atoms with Gasteiger partial charge in [-0.15, -0.1) is 0 Å². The minimum atomic E-state index is -4.39. The van der Waals surface area contributed by atoms with E-state index in [1.54, 1.807) is 0 Å². The summed E-state index contributed by atoms with van der Waals surface area (Å²) in [6, 6.07) is 0. The Hall–Kier alpha value is -2.03. The molecule has 0 aliphatic rings. The monoisotopic (exact) mass is 1370 g/mol. The number of esters is 2. The van der Waals surface area contributed by atoms with Crippen LogP contribution in [0.4, 0.5) is 0 Å². The number of phosphoric ester groups is 1. The molecule has 0 aliphatic carbocycles. The van der Waals surface area contributed by atoms with Crippen molar-refractivity contribution >= 4 is 19.8 Å². The number of quaternary nitrogens is 1. The summed E-state index contributed by atoms with van der Waals surface area (Å²) in [5.41, 5.74) is 0. The maximum Gasteiger partial charge on any atom is 0.472 e. The molecule has 0 saturated heterocycles. The molecule has 566 valence electrons. The third-order valence-corrected chi connectivity index (χ3v) is 20.3. The lowest BCUT2D eigenvalue weighted by atomic mass is 10.0. The molecule has 0 bridgehead atoms. The number of allylic oxidation sites excluding steroid dienone is 8. The number of nitrogens with zero attached hydrogens (tertiary/aromatic N) is 1. The normalized spacial score (nSPS) is 13.2. The quantitative estimate of drug-likeness (QED) is 0.0211. The van der Waals surface area contributed by atoms with E-state index in [0.717, 1.165) is 44.9 Å². The molecule has 0 amide bonds. The molecule has 2 unspecified atom stereocenters. The van der Waals surface area contributed by atoms with Crippen LogP contribution in [0.5, 0.6) is 0 Å². The Bertz CT molecular complexity index is 1760. The number of hydrogen-bond acceptors (Lipinski definition) is 7. The van der Waals surface area contributed by atoms with Crippen LogP contribution in [0.15, 0.2) is 48.6 Å². The average Bonchev–Trinajstić information content (AvgIpc) is 2.54. The minimum absolute atomic E-state index is 0.0351. The van der Waals surface area contributed by atoms with Gasteiger partial charge in [-0.3, -0.25) is 18.6 Å². The number of carbonyl (C=O) groups excluding carboxylic acids is 2. The van der Waals surface area contributed by atoms with Gasteiger partial charge in [0.05, 0.1) is 27.7 Å². The Morgan fingerprint density at radius 1 is 0.323 bits per heavy atom. The average molecular weight is 1370 g/mol. The minimum Gasteiger partial charge on any atom is -0.462 e. The SMILES string of the molecule is CCCCCCC/C=C\C/C=C\C/C=C\CCCCCCCCCCCCCCCCCCCCCCCCCCCCC(=O)OC(COC(=O)CCCCCCCCCCCCCCCCCCCCC/C=C\CCCCCCCCCC)COP(=O)(O)OCC[N+](C)(C)C. The van der Waals surface area contributed by atoms with Gasteiger partial charge in [0, 0.05) is 12.8 Å². The predicted molar refractivity (Wildman–Crippen MR) is 418 cm³/mol. The lowest BCUT2D eigenvalue weighted by Crippen LogP contribution is -2.37. The number of unbranched alkanes of at least 4 members (excludes halogenated alkanes) is 58. The molecule has 0 aromatic heterocycles. The van der Waals surface area contributed by atoms with Gasteiger partial charge in [-0.1, -0.05) is 396 Å². The van der Waals surface area contributed by atoms with Crippen molar-refractivity contribution in [1.82, 2.24) is 0 Å². The fraction of sp³-hybridized carbons (Fsp3) is 0.884. The van der Waals surface area contributed by atoms with Crippen molar-refractivity contribution in [2.45, 2.75) is 444 Å². The summed E-state index contributed by atoms with van der Waals surface area (Å²) >= 11 is 0. The summed E-state index contributed by atoms with van der Waals surface area (Å²) in [5, 5.41) is 0. The molecular formula is C86H165NO8P+. The zero-order valence-corrected chi connectivity index (χ0v) is 65.8. The third kappa shape index (κ3) is 80.9. The number of hydrogen-bond donors (Lipinski definition) is 1. The van der Waals surface area contributed by atoms with Gasteiger partial charge in [-0.05, 0) is 77.0 Å². The first kappa shape index (κ1) is 94.0. The molecule has 10 heteroatoms. The van der Waals surface area contributed by atoms with Crippen LogP contribution in [0.25, 0.3) is 0 Å². The smallest absolute Gasteiger partial charge is 0.462 e. The maximum atomic E-state index is 12.9. The molecule has 0 rings (SSSR count). The fourth-order valence-electron chi connectivity index (χ4n) is 12.8. The number of ether oxygens (including phenoxy) is 2. The van der Waals surface area contributed by atoms with E-state index in [2.05, 4.69) is 62.5 Å². The maximum absolute atomic E-state index is 12.9. The van der Waals surface area contributed by atoms with Crippen molar-refractivity contribution < 1.29 is 42.1 Å². The molecule has 0 aliphatic heterocycles. The van der Waals surface area contributed by atoms with E-state index in [-0.39, 0.29) is 25.6 Å². The van der Waals surface area contributed by atoms with E-state index >= 15 is 0 Å². The second-order valence-corrected chi connectivity index (χ2v) is 31.7. The number of phosphoric acid groups is 1. The highest BCUT2D eigenvalue weighted by molar-refractivity contribution is 7.47. The van der Waals surface area contributed by atoms with E-state index in [4.69, 9.17) is 18.5 Å². The molecule has 0 aromatic carbocycles. The molecule has 0 fully saturated rings. The van der Waals surface area contributed by atoms with E-state index in [9.17, 15) is 19.0 Å². The van der Waals surface area contributed by atoms with Crippen LogP contribution >= 0.6 is 7.82 Å². The van der Waals surface area contributed by atoms with Gasteiger partial charge in [0.15, 0.2) is 6.10 Å². The molecule has 9 nitrogen and oxygen atoms in total. The first-order valence-corrected chi connectivity index (χ1v) is 43.9. The van der Waals surface area contributed by atoms with Crippen LogP contribution < -0.4 is 0 Å². The molecule has 2 atom stereocenters. The van der Waals surface area contributed by atoms with Gasteiger partial charge in [0.1, 0.15) is 19.8 Å². The molecule has 96 heavy (non-hydrogen) atoms. The Kier molecular flexibility index (Phi) is 75.5. The molecule has 0 saturated carbocycles. The van der Waals surface area contributed by atoms with Crippen molar-refractivity contribution in [3.05, 3.63) is 48.6 Å². The lowest BCUT2D eigenvalue weighted by Gasteiger charge is -2.24. The summed E-state index contributed by atoms with van der Waals surface area (Å²) in [6.45, 7) is 4.50. The molecule has 0 spiro atoms.